The number of benzene rings is 1. The SMILES string of the molecule is CC1CC1C(=O)Nc1c(Cl)cc(S(N)(=O)=O)cc1Cl. The Kier molecular flexibility index (Phi) is 3.79. The lowest BCUT2D eigenvalue weighted by atomic mass is 10.2. The van der Waals surface area contributed by atoms with Crippen molar-refractivity contribution in [3.63, 3.8) is 0 Å². The molecule has 1 aliphatic carbocycles. The van der Waals surface area contributed by atoms with Gasteiger partial charge in [-0.15, -0.1) is 0 Å². The van der Waals surface area contributed by atoms with E-state index in [9.17, 15) is 13.2 Å². The molecule has 5 nitrogen and oxygen atoms in total. The Labute approximate surface area is 121 Å². The number of sulfonamides is 1. The van der Waals surface area contributed by atoms with Crippen LogP contribution in [0.5, 0.6) is 0 Å². The molecule has 2 rings (SSSR count). The van der Waals surface area contributed by atoms with Gasteiger partial charge in [0.25, 0.3) is 0 Å². The van der Waals surface area contributed by atoms with Gasteiger partial charge in [-0.3, -0.25) is 4.79 Å². The molecule has 1 amide bonds. The van der Waals surface area contributed by atoms with E-state index in [0.717, 1.165) is 18.6 Å². The second-order valence-electron chi connectivity index (χ2n) is 4.62. The summed E-state index contributed by atoms with van der Waals surface area (Å²) >= 11 is 11.9. The van der Waals surface area contributed by atoms with Crippen molar-refractivity contribution < 1.29 is 13.2 Å². The molecule has 2 atom stereocenters. The summed E-state index contributed by atoms with van der Waals surface area (Å²) in [6, 6.07) is 2.32. The molecular formula is C11H12Cl2N2O3S. The maximum Gasteiger partial charge on any atom is 0.238 e. The second kappa shape index (κ2) is 4.94. The van der Waals surface area contributed by atoms with Crippen molar-refractivity contribution in [2.24, 2.45) is 17.0 Å². The first-order valence-corrected chi connectivity index (χ1v) is 7.83. The van der Waals surface area contributed by atoms with Gasteiger partial charge in [-0.2, -0.15) is 0 Å². The van der Waals surface area contributed by atoms with Gasteiger partial charge in [0.05, 0.1) is 20.6 Å². The molecular weight excluding hydrogens is 311 g/mol. The molecule has 2 unspecified atom stereocenters. The molecule has 8 heteroatoms. The topological polar surface area (TPSA) is 89.3 Å². The highest BCUT2D eigenvalue weighted by Gasteiger charge is 2.39. The van der Waals surface area contributed by atoms with Crippen molar-refractivity contribution in [1.82, 2.24) is 0 Å². The van der Waals surface area contributed by atoms with Crippen LogP contribution in [0.4, 0.5) is 5.69 Å². The summed E-state index contributed by atoms with van der Waals surface area (Å²) in [5, 5.41) is 7.68. The minimum Gasteiger partial charge on any atom is -0.323 e. The molecule has 19 heavy (non-hydrogen) atoms. The average Bonchev–Trinajstić information content (AvgIpc) is 2.99. The van der Waals surface area contributed by atoms with Crippen molar-refractivity contribution in [2.45, 2.75) is 18.2 Å². The Hall–Kier alpha value is -0.820. The highest BCUT2D eigenvalue weighted by molar-refractivity contribution is 7.89. The first kappa shape index (κ1) is 14.6. The molecule has 104 valence electrons. The van der Waals surface area contributed by atoms with E-state index < -0.39 is 10.0 Å². The lowest BCUT2D eigenvalue weighted by Crippen LogP contribution is -2.16. The average molecular weight is 323 g/mol. The number of halogens is 2. The van der Waals surface area contributed by atoms with Crippen molar-refractivity contribution in [1.29, 1.82) is 0 Å². The third-order valence-electron chi connectivity index (χ3n) is 3.04. The van der Waals surface area contributed by atoms with Crippen LogP contribution in [0.25, 0.3) is 0 Å². The summed E-state index contributed by atoms with van der Waals surface area (Å²) in [6.45, 7) is 1.97. The number of nitrogens with two attached hydrogens (primary N) is 1. The third-order valence-corrected chi connectivity index (χ3v) is 4.53. The highest BCUT2D eigenvalue weighted by atomic mass is 35.5. The minimum absolute atomic E-state index is 0.0370. The van der Waals surface area contributed by atoms with Crippen molar-refractivity contribution in [2.75, 3.05) is 5.32 Å². The smallest absolute Gasteiger partial charge is 0.238 e. The Morgan fingerprint density at radius 2 is 1.84 bits per heavy atom. The summed E-state index contributed by atoms with van der Waals surface area (Å²) in [7, 11) is -3.89. The van der Waals surface area contributed by atoms with Gasteiger partial charge < -0.3 is 5.32 Å². The molecule has 0 radical (unpaired) electrons. The number of amides is 1. The first-order chi connectivity index (χ1) is 8.70. The van der Waals surface area contributed by atoms with Crippen LogP contribution in [-0.4, -0.2) is 14.3 Å². The van der Waals surface area contributed by atoms with Crippen LogP contribution in [0.1, 0.15) is 13.3 Å². The molecule has 1 aliphatic rings. The molecule has 0 saturated heterocycles. The fourth-order valence-electron chi connectivity index (χ4n) is 1.74. The second-order valence-corrected chi connectivity index (χ2v) is 6.99. The zero-order valence-corrected chi connectivity index (χ0v) is 12.3. The van der Waals surface area contributed by atoms with Crippen molar-refractivity contribution in [3.8, 4) is 0 Å². The maximum absolute atomic E-state index is 11.8. The van der Waals surface area contributed by atoms with E-state index in [1.807, 2.05) is 6.92 Å². The molecule has 0 spiro atoms. The Morgan fingerprint density at radius 1 is 1.37 bits per heavy atom. The number of hydrogen-bond acceptors (Lipinski definition) is 3. The van der Waals surface area contributed by atoms with Crippen LogP contribution < -0.4 is 10.5 Å². The minimum atomic E-state index is -3.89. The van der Waals surface area contributed by atoms with Crippen LogP contribution in [0, 0.1) is 11.8 Å². The summed E-state index contributed by atoms with van der Waals surface area (Å²) in [6.07, 6.45) is 0.830. The van der Waals surface area contributed by atoms with E-state index in [4.69, 9.17) is 28.3 Å². The van der Waals surface area contributed by atoms with E-state index in [0.29, 0.717) is 5.92 Å². The van der Waals surface area contributed by atoms with Gasteiger partial charge in [-0.05, 0) is 24.5 Å². The third kappa shape index (κ3) is 3.20. The van der Waals surface area contributed by atoms with Gasteiger partial charge in [0.15, 0.2) is 0 Å². The van der Waals surface area contributed by atoms with Crippen molar-refractivity contribution in [3.05, 3.63) is 22.2 Å². The summed E-state index contributed by atoms with van der Waals surface area (Å²) in [5.41, 5.74) is 0.208. The van der Waals surface area contributed by atoms with Crippen LogP contribution >= 0.6 is 23.2 Å². The van der Waals surface area contributed by atoms with Gasteiger partial charge >= 0.3 is 0 Å². The Balaban J connectivity index is 2.30. The van der Waals surface area contributed by atoms with Crippen LogP contribution in [-0.2, 0) is 14.8 Å². The summed E-state index contributed by atoms with van der Waals surface area (Å²) in [4.78, 5) is 11.6. The molecule has 0 aliphatic heterocycles. The molecule has 1 aromatic rings. The Morgan fingerprint density at radius 3 is 2.21 bits per heavy atom. The number of primary sulfonamides is 1. The van der Waals surface area contributed by atoms with E-state index >= 15 is 0 Å². The van der Waals surface area contributed by atoms with Gasteiger partial charge in [-0.25, -0.2) is 13.6 Å². The highest BCUT2D eigenvalue weighted by Crippen LogP contribution is 2.40. The zero-order chi connectivity index (χ0) is 14.4. The fraction of sp³-hybridized carbons (Fsp3) is 0.364. The first-order valence-electron chi connectivity index (χ1n) is 5.53. The predicted octanol–water partition coefficient (Wildman–Crippen LogP) is 2.24. The predicted molar refractivity (Wildman–Crippen MR) is 73.7 cm³/mol. The molecule has 1 fully saturated rings. The van der Waals surface area contributed by atoms with E-state index in [-0.39, 0.29) is 32.5 Å². The van der Waals surface area contributed by atoms with Crippen LogP contribution in [0.15, 0.2) is 17.0 Å². The standard InChI is InChI=1S/C11H12Cl2N2O3S/c1-5-2-7(5)11(16)15-10-8(12)3-6(4-9(10)13)19(14,17)18/h3-5,7H,2H2,1H3,(H,15,16)(H2,14,17,18). The monoisotopic (exact) mass is 322 g/mol. The fourth-order valence-corrected chi connectivity index (χ4v) is 3.01. The lowest BCUT2D eigenvalue weighted by molar-refractivity contribution is -0.117. The summed E-state index contributed by atoms with van der Waals surface area (Å²) in [5.74, 6) is 0.144. The number of rotatable bonds is 3. The normalized spacial score (nSPS) is 22.1. The maximum atomic E-state index is 11.8. The lowest BCUT2D eigenvalue weighted by Gasteiger charge is -2.10. The van der Waals surface area contributed by atoms with Gasteiger partial charge in [0, 0.05) is 5.92 Å². The zero-order valence-electron chi connectivity index (χ0n) is 9.98. The van der Waals surface area contributed by atoms with Gasteiger partial charge in [0.2, 0.25) is 15.9 Å². The van der Waals surface area contributed by atoms with E-state index in [1.165, 1.54) is 0 Å². The molecule has 3 N–H and O–H groups in total. The number of carbonyl (C=O) groups is 1. The van der Waals surface area contributed by atoms with Crippen LogP contribution in [0.2, 0.25) is 10.0 Å². The molecule has 0 heterocycles. The number of hydrogen-bond donors (Lipinski definition) is 2. The number of nitrogens with one attached hydrogen (secondary N) is 1. The van der Waals surface area contributed by atoms with E-state index in [1.54, 1.807) is 0 Å². The molecule has 1 aromatic carbocycles. The molecule has 1 saturated carbocycles. The van der Waals surface area contributed by atoms with Gasteiger partial charge in [0.1, 0.15) is 0 Å². The van der Waals surface area contributed by atoms with Crippen molar-refractivity contribution >= 4 is 44.8 Å². The molecule has 0 aromatic heterocycles. The largest absolute Gasteiger partial charge is 0.323 e. The van der Waals surface area contributed by atoms with Crippen LogP contribution in [0.3, 0.4) is 0 Å². The number of carbonyl (C=O) groups excluding carboxylic acids is 1. The number of anilines is 1. The quantitative estimate of drug-likeness (QED) is 0.894. The molecule has 0 bridgehead atoms. The Bertz CT molecular complexity index is 622. The van der Waals surface area contributed by atoms with E-state index in [2.05, 4.69) is 5.32 Å². The summed E-state index contributed by atoms with van der Waals surface area (Å²) < 4.78 is 22.4. The van der Waals surface area contributed by atoms with Gasteiger partial charge in [-0.1, -0.05) is 30.1 Å².